The molecular weight excluding hydrogens is 258 g/mol. The van der Waals surface area contributed by atoms with Crippen LogP contribution in [0.5, 0.6) is 0 Å². The van der Waals surface area contributed by atoms with Crippen molar-refractivity contribution < 1.29 is 4.79 Å². The molecule has 2 heterocycles. The monoisotopic (exact) mass is 279 g/mol. The van der Waals surface area contributed by atoms with E-state index in [4.69, 9.17) is 0 Å². The van der Waals surface area contributed by atoms with Gasteiger partial charge in [0.05, 0.1) is 10.7 Å². The van der Waals surface area contributed by atoms with Crippen molar-refractivity contribution in [3.05, 3.63) is 16.1 Å². The van der Waals surface area contributed by atoms with E-state index in [0.717, 1.165) is 49.8 Å². The van der Waals surface area contributed by atoms with E-state index in [1.54, 1.807) is 11.3 Å². The number of rotatable bonds is 3. The summed E-state index contributed by atoms with van der Waals surface area (Å²) >= 11 is 1.71. The summed E-state index contributed by atoms with van der Waals surface area (Å²) in [5.74, 6) is 1.33. The van der Waals surface area contributed by atoms with E-state index in [0.29, 0.717) is 17.7 Å². The van der Waals surface area contributed by atoms with Gasteiger partial charge >= 0.3 is 0 Å². The summed E-state index contributed by atoms with van der Waals surface area (Å²) in [6.45, 7) is 8.85. The first-order valence-electron chi connectivity index (χ1n) is 7.05. The molecule has 104 valence electrons. The fourth-order valence-electron chi connectivity index (χ4n) is 2.74. The van der Waals surface area contributed by atoms with E-state index < -0.39 is 0 Å². The molecule has 1 amide bonds. The van der Waals surface area contributed by atoms with Gasteiger partial charge in [0, 0.05) is 44.0 Å². The fourth-order valence-corrected chi connectivity index (χ4v) is 3.34. The lowest BCUT2D eigenvalue weighted by Crippen LogP contribution is -2.48. The lowest BCUT2D eigenvalue weighted by molar-refractivity contribution is -0.134. The third-order valence-electron chi connectivity index (χ3n) is 4.16. The van der Waals surface area contributed by atoms with Gasteiger partial charge in [0.1, 0.15) is 0 Å². The normalized spacial score (nSPS) is 27.6. The number of carbonyl (C=O) groups is 1. The molecule has 19 heavy (non-hydrogen) atoms. The highest BCUT2D eigenvalue weighted by molar-refractivity contribution is 7.09. The molecule has 0 aromatic carbocycles. The molecule has 2 unspecified atom stereocenters. The van der Waals surface area contributed by atoms with Crippen molar-refractivity contribution in [3.63, 3.8) is 0 Å². The van der Waals surface area contributed by atoms with Crippen molar-refractivity contribution in [1.29, 1.82) is 0 Å². The van der Waals surface area contributed by atoms with Crippen molar-refractivity contribution in [2.45, 2.75) is 26.8 Å². The lowest BCUT2D eigenvalue weighted by atomic mass is 10.2. The SMILES string of the molecule is Cc1nc(CN2CCN(C(=O)C3CC3C)CC2)cs1. The smallest absolute Gasteiger partial charge is 0.226 e. The Balaban J connectivity index is 1.48. The standard InChI is InChI=1S/C14H21N3OS/c1-10-7-13(10)14(18)17-5-3-16(4-6-17)8-12-9-19-11(2)15-12/h9-10,13H,3-8H2,1-2H3. The van der Waals surface area contributed by atoms with Gasteiger partial charge in [-0.15, -0.1) is 11.3 Å². The van der Waals surface area contributed by atoms with Crippen LogP contribution in [-0.2, 0) is 11.3 Å². The van der Waals surface area contributed by atoms with Crippen LogP contribution in [0.1, 0.15) is 24.0 Å². The van der Waals surface area contributed by atoms with Crippen LogP contribution >= 0.6 is 11.3 Å². The summed E-state index contributed by atoms with van der Waals surface area (Å²) < 4.78 is 0. The molecule has 1 aliphatic carbocycles. The van der Waals surface area contributed by atoms with Crippen molar-refractivity contribution in [1.82, 2.24) is 14.8 Å². The zero-order valence-electron chi connectivity index (χ0n) is 11.6. The Morgan fingerprint density at radius 2 is 2.11 bits per heavy atom. The maximum atomic E-state index is 12.1. The molecule has 2 fully saturated rings. The summed E-state index contributed by atoms with van der Waals surface area (Å²) in [6, 6.07) is 0. The second kappa shape index (κ2) is 5.21. The maximum Gasteiger partial charge on any atom is 0.226 e. The Morgan fingerprint density at radius 1 is 1.42 bits per heavy atom. The number of hydrogen-bond acceptors (Lipinski definition) is 4. The van der Waals surface area contributed by atoms with Gasteiger partial charge in [-0.2, -0.15) is 0 Å². The van der Waals surface area contributed by atoms with Gasteiger partial charge in [-0.1, -0.05) is 6.92 Å². The lowest BCUT2D eigenvalue weighted by Gasteiger charge is -2.34. The van der Waals surface area contributed by atoms with E-state index >= 15 is 0 Å². The first-order chi connectivity index (χ1) is 9.13. The van der Waals surface area contributed by atoms with Crippen molar-refractivity contribution >= 4 is 17.2 Å². The molecule has 3 rings (SSSR count). The van der Waals surface area contributed by atoms with Crippen LogP contribution in [0, 0.1) is 18.8 Å². The fraction of sp³-hybridized carbons (Fsp3) is 0.714. The van der Waals surface area contributed by atoms with Crippen LogP contribution in [-0.4, -0.2) is 46.9 Å². The summed E-state index contributed by atoms with van der Waals surface area (Å²) in [7, 11) is 0. The average Bonchev–Trinajstić information content (AvgIpc) is 2.99. The van der Waals surface area contributed by atoms with Gasteiger partial charge in [-0.05, 0) is 19.3 Å². The zero-order chi connectivity index (χ0) is 13.4. The third kappa shape index (κ3) is 2.98. The molecule has 1 aliphatic heterocycles. The number of piperazine rings is 1. The number of amides is 1. The van der Waals surface area contributed by atoms with Crippen LogP contribution in [0.3, 0.4) is 0 Å². The molecular formula is C14H21N3OS. The van der Waals surface area contributed by atoms with E-state index in [-0.39, 0.29) is 0 Å². The van der Waals surface area contributed by atoms with Gasteiger partial charge in [0.15, 0.2) is 0 Å². The average molecular weight is 279 g/mol. The Hall–Kier alpha value is -0.940. The number of thiazole rings is 1. The number of aromatic nitrogens is 1. The van der Waals surface area contributed by atoms with Crippen molar-refractivity contribution in [2.24, 2.45) is 11.8 Å². The minimum Gasteiger partial charge on any atom is -0.340 e. The molecule has 5 heteroatoms. The van der Waals surface area contributed by atoms with Crippen molar-refractivity contribution in [2.75, 3.05) is 26.2 Å². The minimum atomic E-state index is 0.327. The first kappa shape index (κ1) is 13.1. The van der Waals surface area contributed by atoms with E-state index in [1.165, 1.54) is 0 Å². The molecule has 1 saturated carbocycles. The van der Waals surface area contributed by atoms with Crippen molar-refractivity contribution in [3.8, 4) is 0 Å². The minimum absolute atomic E-state index is 0.327. The molecule has 1 saturated heterocycles. The largest absolute Gasteiger partial charge is 0.340 e. The number of hydrogen-bond donors (Lipinski definition) is 0. The molecule has 4 nitrogen and oxygen atoms in total. The number of nitrogens with zero attached hydrogens (tertiary/aromatic N) is 3. The third-order valence-corrected chi connectivity index (χ3v) is 4.99. The Kier molecular flexibility index (Phi) is 3.58. The van der Waals surface area contributed by atoms with E-state index in [2.05, 4.69) is 27.1 Å². The van der Waals surface area contributed by atoms with Crippen LogP contribution in [0.4, 0.5) is 0 Å². The predicted octanol–water partition coefficient (Wildman–Crippen LogP) is 1.75. The Bertz CT molecular complexity index is 465. The zero-order valence-corrected chi connectivity index (χ0v) is 12.4. The molecule has 0 spiro atoms. The number of aryl methyl sites for hydroxylation is 1. The molecule has 0 bridgehead atoms. The molecule has 0 radical (unpaired) electrons. The van der Waals surface area contributed by atoms with Gasteiger partial charge in [0.25, 0.3) is 0 Å². The highest BCUT2D eigenvalue weighted by Crippen LogP contribution is 2.39. The molecule has 0 N–H and O–H groups in total. The highest BCUT2D eigenvalue weighted by atomic mass is 32.1. The van der Waals surface area contributed by atoms with Gasteiger partial charge < -0.3 is 4.90 Å². The predicted molar refractivity (Wildman–Crippen MR) is 76.0 cm³/mol. The van der Waals surface area contributed by atoms with Gasteiger partial charge in [0.2, 0.25) is 5.91 Å². The molecule has 1 aromatic rings. The second-order valence-corrected chi connectivity index (χ2v) is 6.84. The quantitative estimate of drug-likeness (QED) is 0.846. The topological polar surface area (TPSA) is 36.4 Å². The Morgan fingerprint density at radius 3 is 2.63 bits per heavy atom. The Labute approximate surface area is 118 Å². The summed E-state index contributed by atoms with van der Waals surface area (Å²) in [5.41, 5.74) is 1.16. The van der Waals surface area contributed by atoms with E-state index in [1.807, 2.05) is 6.92 Å². The van der Waals surface area contributed by atoms with Gasteiger partial charge in [-0.25, -0.2) is 4.98 Å². The highest BCUT2D eigenvalue weighted by Gasteiger charge is 2.41. The second-order valence-electron chi connectivity index (χ2n) is 5.78. The molecule has 2 atom stereocenters. The molecule has 2 aliphatic rings. The number of carbonyl (C=O) groups excluding carboxylic acids is 1. The molecule has 1 aromatic heterocycles. The van der Waals surface area contributed by atoms with E-state index in [9.17, 15) is 4.79 Å². The van der Waals surface area contributed by atoms with Crippen LogP contribution in [0.2, 0.25) is 0 Å². The van der Waals surface area contributed by atoms with Crippen LogP contribution in [0.15, 0.2) is 5.38 Å². The summed E-state index contributed by atoms with van der Waals surface area (Å²) in [5, 5.41) is 3.27. The van der Waals surface area contributed by atoms with Gasteiger partial charge in [-0.3, -0.25) is 9.69 Å². The van der Waals surface area contributed by atoms with Crippen LogP contribution < -0.4 is 0 Å². The summed E-state index contributed by atoms with van der Waals surface area (Å²) in [6.07, 6.45) is 1.09. The summed E-state index contributed by atoms with van der Waals surface area (Å²) in [4.78, 5) is 21.1. The van der Waals surface area contributed by atoms with Crippen LogP contribution in [0.25, 0.3) is 0 Å². The first-order valence-corrected chi connectivity index (χ1v) is 7.93. The maximum absolute atomic E-state index is 12.1.